The second kappa shape index (κ2) is 50.2. The monoisotopic (exact) mass is 1910 g/mol. The molecule has 6 aliphatic rings. The van der Waals surface area contributed by atoms with Gasteiger partial charge in [0, 0.05) is 182 Å². The molecule has 12 aromatic rings. The molecule has 0 spiro atoms. The molecule has 6 fully saturated rings. The van der Waals surface area contributed by atoms with Crippen LogP contribution in [0.1, 0.15) is 202 Å². The molecule has 0 aromatic heterocycles. The second-order valence-electron chi connectivity index (χ2n) is 39.0. The molecule has 708 valence electrons. The Morgan fingerprint density at radius 1 is 0.201 bits per heavy atom. The summed E-state index contributed by atoms with van der Waals surface area (Å²) in [6, 6.07) is 84.3. The minimum atomic E-state index is -0.0538. The maximum atomic E-state index is 10.9. The Kier molecular flexibility index (Phi) is 38.3. The summed E-state index contributed by atoms with van der Waals surface area (Å²) in [5, 5.41) is 76.5. The lowest BCUT2D eigenvalue weighted by atomic mass is 9.85. The zero-order valence-electron chi connectivity index (χ0n) is 81.7. The molecular weight excluding hydrogens is 1760 g/mol. The molecule has 0 aliphatic carbocycles. The smallest absolute Gasteiger partial charge is 0.127 e. The summed E-state index contributed by atoms with van der Waals surface area (Å²) in [5.41, 5.74) is 17.0. The number of phenols is 6. The van der Waals surface area contributed by atoms with Crippen LogP contribution in [0, 0.1) is 41.5 Å². The van der Waals surface area contributed by atoms with Crippen LogP contribution >= 0.6 is 51.5 Å². The van der Waals surface area contributed by atoms with Crippen molar-refractivity contribution in [2.24, 2.45) is 0 Å². The number of aromatic hydroxyl groups is 6. The highest BCUT2D eigenvalue weighted by Gasteiger charge is 2.27. The Hall–Kier alpha value is -9.18. The van der Waals surface area contributed by atoms with Crippen LogP contribution in [-0.2, 0) is 10.8 Å². The van der Waals surface area contributed by atoms with Crippen LogP contribution in [0.4, 0.5) is 34.1 Å². The average molecular weight is 1910 g/mol. The summed E-state index contributed by atoms with van der Waals surface area (Å²) in [7, 11) is 2.97. The first-order chi connectivity index (χ1) is 64.7. The first kappa shape index (κ1) is 102. The van der Waals surface area contributed by atoms with E-state index in [1.807, 2.05) is 69.3 Å². The van der Waals surface area contributed by atoms with Gasteiger partial charge < -0.3 is 60.0 Å². The van der Waals surface area contributed by atoms with Crippen molar-refractivity contribution in [1.29, 1.82) is 0 Å². The van der Waals surface area contributed by atoms with Crippen molar-refractivity contribution in [3.05, 3.63) is 287 Å². The van der Waals surface area contributed by atoms with Gasteiger partial charge in [-0.3, -0.25) is 0 Å². The van der Waals surface area contributed by atoms with Crippen LogP contribution in [0.3, 0.4) is 0 Å². The number of rotatable bonds is 18. The summed E-state index contributed by atoms with van der Waals surface area (Å²) in [6.07, 6.45) is 23.5. The summed E-state index contributed by atoms with van der Waals surface area (Å²) >= 11 is 0. The average Bonchev–Trinajstić information content (AvgIpc) is 0.800. The van der Waals surface area contributed by atoms with Crippen molar-refractivity contribution in [3.63, 3.8) is 0 Å². The van der Waals surface area contributed by atoms with E-state index < -0.39 is 0 Å². The third-order valence-electron chi connectivity index (χ3n) is 26.2. The van der Waals surface area contributed by atoms with Crippen LogP contribution in [0.25, 0.3) is 0 Å². The lowest BCUT2D eigenvalue weighted by Crippen LogP contribution is -2.32. The van der Waals surface area contributed by atoms with Crippen LogP contribution < -0.4 is 93.1 Å². The van der Waals surface area contributed by atoms with E-state index in [9.17, 15) is 30.6 Å². The zero-order valence-corrected chi connectivity index (χ0v) is 87.7. The van der Waals surface area contributed by atoms with Crippen molar-refractivity contribution in [3.8, 4) is 34.5 Å². The maximum absolute atomic E-state index is 10.9. The standard InChI is InChI=1S/2C22H30NOP.C19H24NOP.2C18H22NOP.C17H20NOP/c1-16-14-17(22(2,3)4)15-20(21(16)24)25-19-11-7-6-10-18(19)23-12-8-5-9-13-23;1-16-14-17(22(2,3)4)21(24)20(15-16)25-19-11-7-6-10-18(19)23-12-8-5-9-13-23;1-14-12-15(2)19(21)18(13-14)22-17-9-5-4-8-16(17)20-10-6-3-7-11-20;1-14-8-7-11-17(18(14)20)21-16-10-4-3-9-15(16)19-12-5-2-6-13-19;1-14-9-10-16(20)18(13-14)21-17-8-4-3-7-15(17)19-11-5-2-6-12-19;19-15-9-3-5-11-17(15)20-16-10-4-2-8-14(16)18-12-6-1-7-13-18/h2*6-7,10-11,14-15,24-25H,5,8-9,12-13H2,1-4H3;4-5,8-9,12-13,21-22H,3,6-7,10-11H2,1-2H3;3-4,7-11,20-21H,2,5-6,12-13H2,1H3;3-4,7-10,13,20-21H,2,5-6,11-12H2,1H3;2-5,8-11,19-20H,1,6-7,12-13H2. The van der Waals surface area contributed by atoms with Gasteiger partial charge in [-0.25, -0.2) is 0 Å². The zero-order chi connectivity index (χ0) is 94.7. The molecule has 0 bridgehead atoms. The van der Waals surface area contributed by atoms with Crippen molar-refractivity contribution in [2.75, 3.05) is 108 Å². The molecular formula is C116H148N6O6P6. The number of hydrogen-bond donors (Lipinski definition) is 6. The lowest BCUT2D eigenvalue weighted by molar-refractivity contribution is 0.450. The molecule has 12 aromatic carbocycles. The Labute approximate surface area is 813 Å². The van der Waals surface area contributed by atoms with Gasteiger partial charge in [0.1, 0.15) is 34.5 Å². The molecule has 18 heteroatoms. The number of piperidine rings is 6. The van der Waals surface area contributed by atoms with Gasteiger partial charge in [0.15, 0.2) is 0 Å². The summed E-state index contributed by atoms with van der Waals surface area (Å²) < 4.78 is 0. The molecule has 0 amide bonds. The predicted octanol–water partition coefficient (Wildman–Crippen LogP) is 22.5. The molecule has 18 rings (SSSR count). The van der Waals surface area contributed by atoms with Gasteiger partial charge in [0.25, 0.3) is 0 Å². The molecule has 6 aliphatic heterocycles. The Balaban J connectivity index is 0.000000137. The molecule has 6 atom stereocenters. The van der Waals surface area contributed by atoms with E-state index in [-0.39, 0.29) is 10.8 Å². The van der Waals surface area contributed by atoms with Gasteiger partial charge in [-0.05, 0) is 274 Å². The highest BCUT2D eigenvalue weighted by molar-refractivity contribution is 7.58. The van der Waals surface area contributed by atoms with Gasteiger partial charge >= 0.3 is 0 Å². The van der Waals surface area contributed by atoms with E-state index in [4.69, 9.17) is 0 Å². The minimum absolute atomic E-state index is 0.0538. The summed E-state index contributed by atoms with van der Waals surface area (Å²) in [6.45, 7) is 39.2. The van der Waals surface area contributed by atoms with Crippen LogP contribution in [0.5, 0.6) is 34.5 Å². The number of hydrogen-bond acceptors (Lipinski definition) is 12. The second-order valence-corrected chi connectivity index (χ2v) is 47.0. The predicted molar refractivity (Wildman–Crippen MR) is 595 cm³/mol. The van der Waals surface area contributed by atoms with E-state index in [2.05, 4.69) is 274 Å². The molecule has 6 N–H and O–H groups in total. The minimum Gasteiger partial charge on any atom is -0.507 e. The first-order valence-electron chi connectivity index (χ1n) is 49.2. The highest BCUT2D eigenvalue weighted by atomic mass is 31.1. The third kappa shape index (κ3) is 29.0. The van der Waals surface area contributed by atoms with Crippen molar-refractivity contribution >= 4 is 149 Å². The fraction of sp³-hybridized carbons (Fsp3) is 0.379. The van der Waals surface area contributed by atoms with Crippen molar-refractivity contribution in [1.82, 2.24) is 0 Å². The number of benzene rings is 12. The van der Waals surface area contributed by atoms with Crippen molar-refractivity contribution in [2.45, 2.75) is 209 Å². The Morgan fingerprint density at radius 2 is 0.463 bits per heavy atom. The largest absolute Gasteiger partial charge is 0.507 e. The molecule has 6 heterocycles. The van der Waals surface area contributed by atoms with Gasteiger partial charge in [-0.1, -0.05) is 268 Å². The number of phenolic OH excluding ortho intramolecular Hbond substituents is 6. The molecule has 0 saturated carbocycles. The van der Waals surface area contributed by atoms with E-state index in [0.717, 1.165) is 133 Å². The topological polar surface area (TPSA) is 141 Å². The number of aryl methyl sites for hydroxylation is 6. The van der Waals surface area contributed by atoms with E-state index in [1.165, 1.54) is 204 Å². The van der Waals surface area contributed by atoms with Gasteiger partial charge in [-0.2, -0.15) is 0 Å². The number of nitrogens with zero attached hydrogens (tertiary/aromatic N) is 6. The quantitative estimate of drug-likeness (QED) is 0.0456. The van der Waals surface area contributed by atoms with E-state index in [1.54, 1.807) is 12.1 Å². The summed E-state index contributed by atoms with van der Waals surface area (Å²) in [5.74, 6) is 2.65. The summed E-state index contributed by atoms with van der Waals surface area (Å²) in [4.78, 5) is 15.0. The van der Waals surface area contributed by atoms with Crippen molar-refractivity contribution < 1.29 is 30.6 Å². The third-order valence-corrected chi connectivity index (χ3v) is 34.3. The Morgan fingerprint density at radius 3 is 0.806 bits per heavy atom. The van der Waals surface area contributed by atoms with Crippen LogP contribution in [0.15, 0.2) is 243 Å². The molecule has 6 saturated heterocycles. The molecule has 0 radical (unpaired) electrons. The first-order valence-corrected chi connectivity index (χ1v) is 55.2. The lowest BCUT2D eigenvalue weighted by Gasteiger charge is -2.31. The molecule has 12 nitrogen and oxygen atoms in total. The van der Waals surface area contributed by atoms with E-state index >= 15 is 0 Å². The number of anilines is 6. The number of para-hydroxylation sites is 8. The maximum Gasteiger partial charge on any atom is 0.127 e. The highest BCUT2D eigenvalue weighted by Crippen LogP contribution is 2.39. The van der Waals surface area contributed by atoms with E-state index in [0.29, 0.717) is 86.0 Å². The molecule has 6 unspecified atom stereocenters. The van der Waals surface area contributed by atoms with Crippen LogP contribution in [-0.4, -0.2) is 109 Å². The molecule has 134 heavy (non-hydrogen) atoms. The van der Waals surface area contributed by atoms with Gasteiger partial charge in [0.2, 0.25) is 0 Å². The van der Waals surface area contributed by atoms with Crippen LogP contribution in [0.2, 0.25) is 0 Å². The normalized spacial score (nSPS) is 15.8. The fourth-order valence-electron chi connectivity index (χ4n) is 18.7. The SMILES string of the molecule is Cc1cc(C(C)(C)C)cc(Pc2ccccc2N2CCCCC2)c1O.Cc1cc(C)c(O)c(Pc2ccccc2N2CCCCC2)c1.Cc1cc(Pc2ccccc2N2CCCCC2)c(O)c(C(C)(C)C)c1.Cc1ccc(O)c(Pc2ccccc2N2CCCCC2)c1.Cc1cccc(Pc2ccccc2N2CCCCC2)c1O.Oc1ccccc1Pc1ccccc1N1CCCCC1. The van der Waals surface area contributed by atoms with Gasteiger partial charge in [0.05, 0.1) is 0 Å². The Bertz CT molecular complexity index is 5650. The fourth-order valence-corrected chi connectivity index (χ4v) is 26.9. The van der Waals surface area contributed by atoms with Gasteiger partial charge in [-0.15, -0.1) is 0 Å².